The van der Waals surface area contributed by atoms with E-state index in [2.05, 4.69) is 16.0 Å². The first-order valence-electron chi connectivity index (χ1n) is 7.90. The number of anilines is 1. The van der Waals surface area contributed by atoms with Crippen molar-refractivity contribution in [3.8, 4) is 11.5 Å². The van der Waals surface area contributed by atoms with E-state index >= 15 is 0 Å². The number of aromatic hydroxyl groups is 1. The lowest BCUT2D eigenvalue weighted by molar-refractivity contribution is 0.199. The lowest BCUT2D eigenvalue weighted by Crippen LogP contribution is -2.24. The van der Waals surface area contributed by atoms with E-state index in [0.717, 1.165) is 37.4 Å². The van der Waals surface area contributed by atoms with Crippen molar-refractivity contribution in [3.05, 3.63) is 47.7 Å². The average molecular weight is 330 g/mol. The second-order valence-electron chi connectivity index (χ2n) is 6.41. The van der Waals surface area contributed by atoms with Crippen LogP contribution in [-0.4, -0.2) is 29.3 Å². The number of ether oxygens (including phenoxy) is 1. The molecule has 0 bridgehead atoms. The van der Waals surface area contributed by atoms with Crippen LogP contribution < -0.4 is 9.64 Å². The first-order valence-corrected chi connectivity index (χ1v) is 8.28. The Morgan fingerprint density at radius 3 is 2.70 bits per heavy atom. The van der Waals surface area contributed by atoms with E-state index in [-0.39, 0.29) is 6.10 Å². The molecular formula is C18H18ClN2O2. The Kier molecular flexibility index (Phi) is 3.77. The quantitative estimate of drug-likeness (QED) is 0.935. The maximum absolute atomic E-state index is 9.62. The minimum Gasteiger partial charge on any atom is -0.508 e. The molecule has 0 unspecified atom stereocenters. The number of hydrogen-bond donors (Lipinski definition) is 1. The fraction of sp³-hybridized carbons (Fsp3) is 0.389. The normalized spacial score (nSPS) is 26.3. The summed E-state index contributed by atoms with van der Waals surface area (Å²) in [5, 5.41) is 10.2. The summed E-state index contributed by atoms with van der Waals surface area (Å²) in [6, 6.07) is 10.2. The van der Waals surface area contributed by atoms with Gasteiger partial charge >= 0.3 is 0 Å². The number of nitrogens with zero attached hydrogens (tertiary/aromatic N) is 2. The summed E-state index contributed by atoms with van der Waals surface area (Å²) in [7, 11) is 0. The van der Waals surface area contributed by atoms with Gasteiger partial charge in [-0.2, -0.15) is 0 Å². The molecule has 1 N–H and O–H groups in total. The lowest BCUT2D eigenvalue weighted by atomic mass is 10.0. The minimum atomic E-state index is 0.237. The van der Waals surface area contributed by atoms with Gasteiger partial charge in [0.15, 0.2) is 0 Å². The van der Waals surface area contributed by atoms with Crippen LogP contribution in [0.4, 0.5) is 5.69 Å². The number of halogens is 1. The second kappa shape index (κ2) is 5.93. The predicted molar refractivity (Wildman–Crippen MR) is 89.0 cm³/mol. The van der Waals surface area contributed by atoms with Gasteiger partial charge in [-0.15, -0.1) is 0 Å². The van der Waals surface area contributed by atoms with Crippen molar-refractivity contribution < 1.29 is 9.84 Å². The molecule has 1 aromatic heterocycles. The van der Waals surface area contributed by atoms with Crippen molar-refractivity contribution >= 4 is 17.3 Å². The molecule has 2 aliphatic rings. The molecule has 119 valence electrons. The van der Waals surface area contributed by atoms with E-state index < -0.39 is 0 Å². The zero-order valence-corrected chi connectivity index (χ0v) is 13.4. The molecule has 1 saturated carbocycles. The average Bonchev–Trinajstić information content (AvgIpc) is 3.05. The third kappa shape index (κ3) is 3.08. The smallest absolute Gasteiger partial charge is 0.139 e. The minimum absolute atomic E-state index is 0.237. The molecule has 23 heavy (non-hydrogen) atoms. The summed E-state index contributed by atoms with van der Waals surface area (Å²) in [4.78, 5) is 6.38. The zero-order chi connectivity index (χ0) is 15.8. The molecule has 1 radical (unpaired) electrons. The van der Waals surface area contributed by atoms with Gasteiger partial charge in [0.05, 0.1) is 17.3 Å². The summed E-state index contributed by atoms with van der Waals surface area (Å²) in [6.07, 6.45) is 5.66. The third-order valence-electron chi connectivity index (χ3n) is 4.80. The molecule has 1 saturated heterocycles. The lowest BCUT2D eigenvalue weighted by Gasteiger charge is -2.21. The van der Waals surface area contributed by atoms with Gasteiger partial charge < -0.3 is 14.7 Å². The Balaban J connectivity index is 1.38. The number of phenolic OH excluding ortho intramolecular Hbond substituents is 1. The number of fused-ring (bicyclic) bond motifs is 1. The predicted octanol–water partition coefficient (Wildman–Crippen LogP) is 3.53. The Hall–Kier alpha value is -1.94. The molecule has 1 aliphatic heterocycles. The van der Waals surface area contributed by atoms with Gasteiger partial charge in [0.2, 0.25) is 0 Å². The fourth-order valence-electron chi connectivity index (χ4n) is 3.81. The number of phenols is 1. The maximum Gasteiger partial charge on any atom is 0.139 e. The van der Waals surface area contributed by atoms with E-state index in [1.165, 1.54) is 0 Å². The highest BCUT2D eigenvalue weighted by Crippen LogP contribution is 2.41. The van der Waals surface area contributed by atoms with Crippen LogP contribution >= 0.6 is 11.6 Å². The molecule has 0 amide bonds. The molecule has 5 heteroatoms. The highest BCUT2D eigenvalue weighted by Gasteiger charge is 2.42. The van der Waals surface area contributed by atoms with E-state index in [0.29, 0.717) is 22.6 Å². The van der Waals surface area contributed by atoms with Crippen molar-refractivity contribution in [3.63, 3.8) is 0 Å². The Morgan fingerprint density at radius 1 is 1.22 bits per heavy atom. The molecule has 4 rings (SSSR count). The molecule has 0 spiro atoms. The van der Waals surface area contributed by atoms with Gasteiger partial charge in [-0.25, -0.2) is 0 Å². The second-order valence-corrected chi connectivity index (χ2v) is 6.84. The van der Waals surface area contributed by atoms with Crippen molar-refractivity contribution in [1.29, 1.82) is 0 Å². The maximum atomic E-state index is 9.62. The summed E-state index contributed by atoms with van der Waals surface area (Å²) < 4.78 is 6.04. The SMILES string of the molecule is Oc1cc[c]c(N2C[C@H]3C[C@H](Oc4cncc(Cl)c4)C[C@H]3C2)c1. The summed E-state index contributed by atoms with van der Waals surface area (Å²) in [5.41, 5.74) is 0.982. The molecule has 2 fully saturated rings. The van der Waals surface area contributed by atoms with E-state index in [4.69, 9.17) is 16.3 Å². The van der Waals surface area contributed by atoms with Gasteiger partial charge in [0.1, 0.15) is 11.5 Å². The summed E-state index contributed by atoms with van der Waals surface area (Å²) >= 11 is 5.95. The zero-order valence-electron chi connectivity index (χ0n) is 12.7. The van der Waals surface area contributed by atoms with Crippen LogP contribution in [0.5, 0.6) is 11.5 Å². The van der Waals surface area contributed by atoms with E-state index in [1.54, 1.807) is 30.6 Å². The highest BCUT2D eigenvalue weighted by molar-refractivity contribution is 6.30. The van der Waals surface area contributed by atoms with Crippen LogP contribution in [0.1, 0.15) is 12.8 Å². The molecule has 1 aliphatic carbocycles. The van der Waals surface area contributed by atoms with Gasteiger partial charge in [-0.05, 0) is 36.8 Å². The van der Waals surface area contributed by atoms with Gasteiger partial charge in [0.25, 0.3) is 0 Å². The molecular weight excluding hydrogens is 312 g/mol. The first-order chi connectivity index (χ1) is 11.2. The summed E-state index contributed by atoms with van der Waals surface area (Å²) in [6.45, 7) is 2.00. The number of aromatic nitrogens is 1. The van der Waals surface area contributed by atoms with Gasteiger partial charge in [0, 0.05) is 43.2 Å². The van der Waals surface area contributed by atoms with Crippen LogP contribution in [0, 0.1) is 17.9 Å². The largest absolute Gasteiger partial charge is 0.508 e. The van der Waals surface area contributed by atoms with Crippen molar-refractivity contribution in [2.45, 2.75) is 18.9 Å². The molecule has 3 atom stereocenters. The van der Waals surface area contributed by atoms with Crippen LogP contribution in [0.15, 0.2) is 36.7 Å². The number of pyridine rings is 1. The summed E-state index contributed by atoms with van der Waals surface area (Å²) in [5.74, 6) is 2.30. The monoisotopic (exact) mass is 329 g/mol. The Bertz CT molecular complexity index is 695. The molecule has 1 aromatic carbocycles. The Morgan fingerprint density at radius 2 is 2.00 bits per heavy atom. The van der Waals surface area contributed by atoms with Crippen molar-refractivity contribution in [2.24, 2.45) is 11.8 Å². The van der Waals surface area contributed by atoms with Crippen LogP contribution in [-0.2, 0) is 0 Å². The third-order valence-corrected chi connectivity index (χ3v) is 5.01. The first kappa shape index (κ1) is 14.6. The van der Waals surface area contributed by atoms with Crippen LogP contribution in [0.2, 0.25) is 5.02 Å². The fourth-order valence-corrected chi connectivity index (χ4v) is 3.98. The van der Waals surface area contributed by atoms with E-state index in [9.17, 15) is 5.11 Å². The number of benzene rings is 1. The van der Waals surface area contributed by atoms with Gasteiger partial charge in [-0.3, -0.25) is 4.98 Å². The molecule has 4 nitrogen and oxygen atoms in total. The van der Waals surface area contributed by atoms with E-state index in [1.807, 2.05) is 6.07 Å². The van der Waals surface area contributed by atoms with Crippen LogP contribution in [0.3, 0.4) is 0 Å². The molecule has 2 aromatic rings. The van der Waals surface area contributed by atoms with Crippen molar-refractivity contribution in [1.82, 2.24) is 4.98 Å². The van der Waals surface area contributed by atoms with Gasteiger partial charge in [-0.1, -0.05) is 11.6 Å². The highest BCUT2D eigenvalue weighted by atomic mass is 35.5. The van der Waals surface area contributed by atoms with Crippen molar-refractivity contribution in [2.75, 3.05) is 18.0 Å². The Labute approximate surface area is 140 Å². The molecule has 2 heterocycles. The standard InChI is InChI=1S/C18H18ClN2O2/c19-14-6-18(9-20-8-14)23-17-4-12-10-21(11-13(12)5-17)15-2-1-3-16(22)7-15/h1,3,6-9,12-13,17,22H,4-5,10-11H2/t12-,13+,17+. The number of rotatable bonds is 3. The van der Waals surface area contributed by atoms with Crippen LogP contribution in [0.25, 0.3) is 0 Å². The number of hydrogen-bond acceptors (Lipinski definition) is 4. The topological polar surface area (TPSA) is 45.6 Å².